The average molecular weight is 502 g/mol. The molecule has 10 heteroatoms. The zero-order valence-corrected chi connectivity index (χ0v) is 21.2. The lowest BCUT2D eigenvalue weighted by Gasteiger charge is -2.38. The number of nitrogens with zero attached hydrogens (tertiary/aromatic N) is 6. The highest BCUT2D eigenvalue weighted by atomic mass is 16.5. The Morgan fingerprint density at radius 3 is 2.51 bits per heavy atom. The van der Waals surface area contributed by atoms with Gasteiger partial charge in [0.2, 0.25) is 5.91 Å². The number of carbonyl (C=O) groups excluding carboxylic acids is 1. The highest BCUT2D eigenvalue weighted by Gasteiger charge is 2.33. The number of rotatable bonds is 6. The Kier molecular flexibility index (Phi) is 7.23. The summed E-state index contributed by atoms with van der Waals surface area (Å²) in [6.45, 7) is 4.14. The molecule has 2 N–H and O–H groups in total. The molecule has 0 radical (unpaired) electrons. The van der Waals surface area contributed by atoms with Crippen molar-refractivity contribution < 1.29 is 14.3 Å². The summed E-state index contributed by atoms with van der Waals surface area (Å²) >= 11 is 0. The topological polar surface area (TPSA) is 112 Å². The first-order valence-corrected chi connectivity index (χ1v) is 12.5. The summed E-state index contributed by atoms with van der Waals surface area (Å²) in [4.78, 5) is 25.4. The van der Waals surface area contributed by atoms with Gasteiger partial charge in [0.05, 0.1) is 25.6 Å². The number of amides is 1. The van der Waals surface area contributed by atoms with E-state index in [4.69, 9.17) is 20.3 Å². The fourth-order valence-corrected chi connectivity index (χ4v) is 4.69. The molecule has 0 atom stereocenters. The molecule has 10 nitrogen and oxygen atoms in total. The quantitative estimate of drug-likeness (QED) is 0.404. The highest BCUT2D eigenvalue weighted by molar-refractivity contribution is 5.91. The molecule has 5 rings (SSSR count). The number of nitrogen functional groups attached to an aromatic ring is 1. The molecule has 1 aromatic carbocycles. The van der Waals surface area contributed by atoms with E-state index in [0.29, 0.717) is 52.7 Å². The van der Waals surface area contributed by atoms with Gasteiger partial charge in [-0.1, -0.05) is 18.4 Å². The molecule has 0 saturated carbocycles. The van der Waals surface area contributed by atoms with Crippen molar-refractivity contribution in [1.29, 1.82) is 0 Å². The minimum atomic E-state index is -0.0105. The average Bonchev–Trinajstić information content (AvgIpc) is 3.26. The zero-order chi connectivity index (χ0) is 25.8. The molecular weight excluding hydrogens is 470 g/mol. The third kappa shape index (κ3) is 5.37. The van der Waals surface area contributed by atoms with E-state index >= 15 is 0 Å². The molecule has 2 aliphatic rings. The van der Waals surface area contributed by atoms with Gasteiger partial charge < -0.3 is 20.1 Å². The highest BCUT2D eigenvalue weighted by Crippen LogP contribution is 2.29. The van der Waals surface area contributed by atoms with E-state index in [0.717, 1.165) is 19.6 Å². The zero-order valence-electron chi connectivity index (χ0n) is 21.2. The Bertz CT molecular complexity index is 1350. The van der Waals surface area contributed by atoms with Crippen LogP contribution >= 0.6 is 0 Å². The van der Waals surface area contributed by atoms with E-state index in [2.05, 4.69) is 26.7 Å². The van der Waals surface area contributed by atoms with Crippen molar-refractivity contribution in [2.45, 2.75) is 25.3 Å². The van der Waals surface area contributed by atoms with Crippen LogP contribution in [0.5, 0.6) is 11.5 Å². The van der Waals surface area contributed by atoms with Crippen LogP contribution in [0.15, 0.2) is 36.7 Å². The first-order chi connectivity index (χ1) is 18.1. The third-order valence-electron chi connectivity index (χ3n) is 6.79. The fourth-order valence-electron chi connectivity index (χ4n) is 4.69. The summed E-state index contributed by atoms with van der Waals surface area (Å²) < 4.78 is 12.5. The number of aromatic nitrogens is 4. The molecule has 0 aliphatic carbocycles. The van der Waals surface area contributed by atoms with Crippen LogP contribution in [0, 0.1) is 11.8 Å². The first kappa shape index (κ1) is 24.6. The normalized spacial score (nSPS) is 16.4. The second kappa shape index (κ2) is 10.9. The summed E-state index contributed by atoms with van der Waals surface area (Å²) in [7, 11) is 3.19. The second-order valence-corrected chi connectivity index (χ2v) is 9.26. The van der Waals surface area contributed by atoms with Crippen LogP contribution in [0.4, 0.5) is 5.82 Å². The molecule has 0 unspecified atom stereocenters. The molecular formula is C27H31N7O3. The smallest absolute Gasteiger partial charge is 0.246 e. The van der Waals surface area contributed by atoms with Gasteiger partial charge in [-0.25, -0.2) is 14.6 Å². The summed E-state index contributed by atoms with van der Waals surface area (Å²) in [6, 6.07) is 5.42. The van der Waals surface area contributed by atoms with Gasteiger partial charge in [0.1, 0.15) is 29.3 Å². The summed E-state index contributed by atoms with van der Waals surface area (Å²) in [5.41, 5.74) is 8.00. The van der Waals surface area contributed by atoms with Crippen LogP contribution in [0.1, 0.15) is 36.6 Å². The minimum Gasteiger partial charge on any atom is -0.497 e. The number of carbonyl (C=O) groups is 1. The first-order valence-electron chi connectivity index (χ1n) is 12.5. The maximum absolute atomic E-state index is 12.6. The number of ether oxygens (including phenoxy) is 2. The Balaban J connectivity index is 1.32. The molecule has 2 saturated heterocycles. The molecule has 37 heavy (non-hydrogen) atoms. The molecule has 1 amide bonds. The second-order valence-electron chi connectivity index (χ2n) is 9.26. The minimum absolute atomic E-state index is 0.0105. The standard InChI is InChI=1S/C27H31N7O3/c1-36-21-13-19(14-22(15-21)37-2)8-9-23-25-26(28)29-18-30-27(25)34(31-23)20-16-33(17-20)24(35)7-6-12-32-10-4-3-5-11-32/h6-7,13-15,18,20H,3-5,10-12,16-17H2,1-2H3,(H2,28,29,30). The Morgan fingerprint density at radius 1 is 1.08 bits per heavy atom. The van der Waals surface area contributed by atoms with Crippen molar-refractivity contribution in [3.8, 4) is 23.3 Å². The lowest BCUT2D eigenvalue weighted by molar-refractivity contribution is -0.131. The molecule has 4 heterocycles. The van der Waals surface area contributed by atoms with E-state index in [9.17, 15) is 4.79 Å². The lowest BCUT2D eigenvalue weighted by atomic mass is 10.1. The number of likely N-dealkylation sites (tertiary alicyclic amines) is 2. The Hall–Kier alpha value is -4.10. The lowest BCUT2D eigenvalue weighted by Crippen LogP contribution is -2.50. The van der Waals surface area contributed by atoms with E-state index in [1.807, 2.05) is 27.8 Å². The molecule has 3 aromatic rings. The number of benzene rings is 1. The predicted molar refractivity (Wildman–Crippen MR) is 140 cm³/mol. The summed E-state index contributed by atoms with van der Waals surface area (Å²) in [6.07, 6.45) is 8.86. The van der Waals surface area contributed by atoms with Crippen LogP contribution in [-0.4, -0.2) is 82.4 Å². The van der Waals surface area contributed by atoms with Gasteiger partial charge in [-0.05, 0) is 44.0 Å². The Morgan fingerprint density at radius 2 is 1.81 bits per heavy atom. The van der Waals surface area contributed by atoms with Crippen LogP contribution in [0.3, 0.4) is 0 Å². The van der Waals surface area contributed by atoms with E-state index < -0.39 is 0 Å². The van der Waals surface area contributed by atoms with E-state index in [-0.39, 0.29) is 11.9 Å². The van der Waals surface area contributed by atoms with Crippen molar-refractivity contribution in [3.63, 3.8) is 0 Å². The maximum Gasteiger partial charge on any atom is 0.246 e. The maximum atomic E-state index is 12.6. The number of anilines is 1. The van der Waals surface area contributed by atoms with Crippen LogP contribution in [0.2, 0.25) is 0 Å². The Labute approximate surface area is 216 Å². The van der Waals surface area contributed by atoms with Gasteiger partial charge >= 0.3 is 0 Å². The number of piperidine rings is 1. The number of hydrogen-bond acceptors (Lipinski definition) is 8. The largest absolute Gasteiger partial charge is 0.497 e. The van der Waals surface area contributed by atoms with E-state index in [1.165, 1.54) is 25.6 Å². The molecule has 2 aliphatic heterocycles. The van der Waals surface area contributed by atoms with Gasteiger partial charge in [-0.15, -0.1) is 0 Å². The van der Waals surface area contributed by atoms with E-state index in [1.54, 1.807) is 26.4 Å². The number of nitrogens with two attached hydrogens (primary N) is 1. The van der Waals surface area contributed by atoms with Gasteiger partial charge in [0.15, 0.2) is 5.65 Å². The van der Waals surface area contributed by atoms with Crippen LogP contribution < -0.4 is 15.2 Å². The number of fused-ring (bicyclic) bond motifs is 1. The van der Waals surface area contributed by atoms with Crippen molar-refractivity contribution in [2.24, 2.45) is 0 Å². The van der Waals surface area contributed by atoms with Crippen LogP contribution in [-0.2, 0) is 4.79 Å². The van der Waals surface area contributed by atoms with Crippen LogP contribution in [0.25, 0.3) is 11.0 Å². The molecule has 192 valence electrons. The molecule has 0 spiro atoms. The summed E-state index contributed by atoms with van der Waals surface area (Å²) in [5.74, 6) is 7.86. The molecule has 0 bridgehead atoms. The summed E-state index contributed by atoms with van der Waals surface area (Å²) in [5, 5.41) is 5.33. The number of hydrogen-bond donors (Lipinski definition) is 1. The van der Waals surface area contributed by atoms with Gasteiger partial charge in [0.25, 0.3) is 0 Å². The fraction of sp³-hybridized carbons (Fsp3) is 0.407. The monoisotopic (exact) mass is 501 g/mol. The molecule has 2 fully saturated rings. The molecule has 2 aromatic heterocycles. The van der Waals surface area contributed by atoms with Crippen molar-refractivity contribution in [3.05, 3.63) is 47.9 Å². The SMILES string of the molecule is COc1cc(C#Cc2nn(C3CN(C(=O)C=CCN4CCCCC4)C3)c3ncnc(N)c23)cc(OC)c1. The van der Waals surface area contributed by atoms with Gasteiger partial charge in [-0.2, -0.15) is 5.10 Å². The van der Waals surface area contributed by atoms with Gasteiger partial charge in [-0.3, -0.25) is 9.69 Å². The number of methoxy groups -OCH3 is 2. The predicted octanol–water partition coefficient (Wildman–Crippen LogP) is 2.25. The van der Waals surface area contributed by atoms with Gasteiger partial charge in [0, 0.05) is 37.3 Å². The van der Waals surface area contributed by atoms with Crippen molar-refractivity contribution in [2.75, 3.05) is 52.7 Å². The van der Waals surface area contributed by atoms with Crippen molar-refractivity contribution >= 4 is 22.8 Å². The van der Waals surface area contributed by atoms with Crippen molar-refractivity contribution in [1.82, 2.24) is 29.5 Å². The third-order valence-corrected chi connectivity index (χ3v) is 6.79.